The summed E-state index contributed by atoms with van der Waals surface area (Å²) in [7, 11) is 7.23. The molecule has 0 aliphatic heterocycles. The molecule has 0 saturated carbocycles. The van der Waals surface area contributed by atoms with Crippen LogP contribution in [0.1, 0.15) is 16.1 Å². The van der Waals surface area contributed by atoms with Crippen molar-refractivity contribution in [2.75, 3.05) is 38.0 Å². The van der Waals surface area contributed by atoms with Crippen LogP contribution in [0, 0.1) is 0 Å². The smallest absolute Gasteiger partial charge is 0.336 e. The van der Waals surface area contributed by atoms with Gasteiger partial charge in [0, 0.05) is 39.3 Å². The van der Waals surface area contributed by atoms with E-state index < -0.39 is 11.9 Å². The quantitative estimate of drug-likeness (QED) is 0.866. The lowest BCUT2D eigenvalue weighted by Crippen LogP contribution is -2.16. The lowest BCUT2D eigenvalue weighted by atomic mass is 10.0. The Kier molecular flexibility index (Phi) is 4.40. The van der Waals surface area contributed by atoms with Gasteiger partial charge in [-0.3, -0.25) is 4.79 Å². The minimum absolute atomic E-state index is 0.142. The van der Waals surface area contributed by atoms with E-state index in [0.29, 0.717) is 22.3 Å². The number of aromatic nitrogens is 1. The molecule has 2 N–H and O–H groups in total. The Morgan fingerprint density at radius 2 is 1.65 bits per heavy atom. The molecular weight excluding hydrogens is 298 g/mol. The molecule has 0 aliphatic rings. The second kappa shape index (κ2) is 6.12. The van der Waals surface area contributed by atoms with Crippen LogP contribution in [0.4, 0.5) is 11.4 Å². The van der Waals surface area contributed by atoms with Gasteiger partial charge in [-0.1, -0.05) is 0 Å². The molecule has 0 saturated heterocycles. The van der Waals surface area contributed by atoms with Crippen molar-refractivity contribution in [3.05, 3.63) is 29.5 Å². The van der Waals surface area contributed by atoms with Crippen LogP contribution in [-0.4, -0.2) is 55.3 Å². The Balaban J connectivity index is 2.93. The highest BCUT2D eigenvalue weighted by atomic mass is 16.4. The lowest BCUT2D eigenvalue weighted by molar-refractivity contribution is -0.136. The van der Waals surface area contributed by atoms with E-state index in [2.05, 4.69) is 4.98 Å². The standard InChI is InChI=1S/C16H19N3O4/c1-18(2)11-6-5-10(16(22)23)14-12(19(3)4)7-9(8-13(20)21)17-15(11)14/h5-7H,8H2,1-4H3,(H,20,21)(H,22,23). The fourth-order valence-corrected chi connectivity index (χ4v) is 2.50. The van der Waals surface area contributed by atoms with Crippen LogP contribution in [0.2, 0.25) is 0 Å². The van der Waals surface area contributed by atoms with Gasteiger partial charge in [0.25, 0.3) is 0 Å². The summed E-state index contributed by atoms with van der Waals surface area (Å²) >= 11 is 0. The molecule has 23 heavy (non-hydrogen) atoms. The number of hydrogen-bond acceptors (Lipinski definition) is 5. The molecule has 0 atom stereocenters. The molecule has 7 heteroatoms. The summed E-state index contributed by atoms with van der Waals surface area (Å²) < 4.78 is 0. The van der Waals surface area contributed by atoms with Crippen molar-refractivity contribution in [2.45, 2.75) is 6.42 Å². The van der Waals surface area contributed by atoms with E-state index in [0.717, 1.165) is 5.69 Å². The van der Waals surface area contributed by atoms with Gasteiger partial charge in [0.2, 0.25) is 0 Å². The maximum absolute atomic E-state index is 11.6. The summed E-state index contributed by atoms with van der Waals surface area (Å²) in [5.74, 6) is -2.03. The van der Waals surface area contributed by atoms with Crippen LogP contribution < -0.4 is 9.80 Å². The van der Waals surface area contributed by atoms with Gasteiger partial charge in [-0.2, -0.15) is 0 Å². The van der Waals surface area contributed by atoms with Crippen molar-refractivity contribution >= 4 is 34.2 Å². The van der Waals surface area contributed by atoms with Crippen LogP contribution in [0.5, 0.6) is 0 Å². The summed E-state index contributed by atoms with van der Waals surface area (Å²) in [5, 5.41) is 19.0. The average molecular weight is 317 g/mol. The molecule has 0 unspecified atom stereocenters. The summed E-state index contributed by atoms with van der Waals surface area (Å²) in [6, 6.07) is 4.86. The molecule has 0 amide bonds. The van der Waals surface area contributed by atoms with Crippen LogP contribution in [-0.2, 0) is 11.2 Å². The number of carbonyl (C=O) groups is 2. The zero-order valence-electron chi connectivity index (χ0n) is 13.5. The molecule has 2 aromatic rings. The van der Waals surface area contributed by atoms with E-state index in [4.69, 9.17) is 5.11 Å². The SMILES string of the molecule is CN(C)c1ccc(C(=O)O)c2c(N(C)C)cc(CC(=O)O)nc12. The zero-order valence-corrected chi connectivity index (χ0v) is 13.5. The van der Waals surface area contributed by atoms with Gasteiger partial charge >= 0.3 is 11.9 Å². The van der Waals surface area contributed by atoms with Crippen molar-refractivity contribution in [1.29, 1.82) is 0 Å². The van der Waals surface area contributed by atoms with Crippen LogP contribution in [0.3, 0.4) is 0 Å². The Labute approximate surface area is 133 Å². The highest BCUT2D eigenvalue weighted by molar-refractivity contribution is 6.11. The van der Waals surface area contributed by atoms with Gasteiger partial charge in [0.15, 0.2) is 0 Å². The molecule has 0 radical (unpaired) electrons. The topological polar surface area (TPSA) is 94.0 Å². The van der Waals surface area contributed by atoms with Crippen molar-refractivity contribution in [3.8, 4) is 0 Å². The average Bonchev–Trinajstić information content (AvgIpc) is 2.43. The molecule has 1 heterocycles. The predicted molar refractivity (Wildman–Crippen MR) is 88.7 cm³/mol. The third kappa shape index (κ3) is 3.18. The summed E-state index contributed by atoms with van der Waals surface area (Å²) in [6.07, 6.45) is -0.221. The number of benzene rings is 1. The maximum Gasteiger partial charge on any atom is 0.336 e. The highest BCUT2D eigenvalue weighted by Gasteiger charge is 2.20. The second-order valence-electron chi connectivity index (χ2n) is 5.65. The Morgan fingerprint density at radius 1 is 1.04 bits per heavy atom. The van der Waals surface area contributed by atoms with E-state index in [1.165, 1.54) is 0 Å². The van der Waals surface area contributed by atoms with Crippen molar-refractivity contribution < 1.29 is 19.8 Å². The first-order valence-corrected chi connectivity index (χ1v) is 6.98. The van der Waals surface area contributed by atoms with Crippen LogP contribution in [0.25, 0.3) is 10.9 Å². The molecule has 1 aromatic carbocycles. The molecule has 7 nitrogen and oxygen atoms in total. The Hall–Kier alpha value is -2.83. The second-order valence-corrected chi connectivity index (χ2v) is 5.65. The zero-order chi connectivity index (χ0) is 17.3. The number of aliphatic carboxylic acids is 1. The summed E-state index contributed by atoms with van der Waals surface area (Å²) in [4.78, 5) is 30.6. The summed E-state index contributed by atoms with van der Waals surface area (Å²) in [5.41, 5.74) is 2.38. The third-order valence-electron chi connectivity index (χ3n) is 3.50. The first-order valence-electron chi connectivity index (χ1n) is 6.98. The van der Waals surface area contributed by atoms with E-state index >= 15 is 0 Å². The fraction of sp³-hybridized carbons (Fsp3) is 0.312. The number of nitrogens with zero attached hydrogens (tertiary/aromatic N) is 3. The number of carboxylic acids is 2. The van der Waals surface area contributed by atoms with E-state index in [1.807, 2.05) is 19.0 Å². The number of rotatable bonds is 5. The molecule has 0 fully saturated rings. The van der Waals surface area contributed by atoms with Crippen molar-refractivity contribution in [1.82, 2.24) is 4.98 Å². The number of aromatic carboxylic acids is 1. The fourth-order valence-electron chi connectivity index (χ4n) is 2.50. The van der Waals surface area contributed by atoms with E-state index in [-0.39, 0.29) is 12.0 Å². The molecule has 0 bridgehead atoms. The normalized spacial score (nSPS) is 10.6. The van der Waals surface area contributed by atoms with Gasteiger partial charge in [0.05, 0.1) is 28.9 Å². The number of fused-ring (bicyclic) bond motifs is 1. The largest absolute Gasteiger partial charge is 0.481 e. The molecule has 122 valence electrons. The monoisotopic (exact) mass is 317 g/mol. The van der Waals surface area contributed by atoms with Crippen LogP contribution >= 0.6 is 0 Å². The highest BCUT2D eigenvalue weighted by Crippen LogP contribution is 2.34. The minimum atomic E-state index is -1.05. The first kappa shape index (κ1) is 16.5. The Morgan fingerprint density at radius 3 is 2.13 bits per heavy atom. The first-order chi connectivity index (χ1) is 10.7. The van der Waals surface area contributed by atoms with Gasteiger partial charge < -0.3 is 20.0 Å². The Bertz CT molecular complexity index is 784. The molecular formula is C16H19N3O4. The molecule has 1 aromatic heterocycles. The maximum atomic E-state index is 11.6. The van der Waals surface area contributed by atoms with Crippen molar-refractivity contribution in [2.24, 2.45) is 0 Å². The van der Waals surface area contributed by atoms with Gasteiger partial charge in [0.1, 0.15) is 0 Å². The lowest BCUT2D eigenvalue weighted by Gasteiger charge is -2.21. The summed E-state index contributed by atoms with van der Waals surface area (Å²) in [6.45, 7) is 0. The number of carboxylic acid groups (broad SMARTS) is 2. The number of anilines is 2. The van der Waals surface area contributed by atoms with Gasteiger partial charge in [-0.15, -0.1) is 0 Å². The third-order valence-corrected chi connectivity index (χ3v) is 3.50. The molecule has 0 spiro atoms. The van der Waals surface area contributed by atoms with Gasteiger partial charge in [-0.05, 0) is 18.2 Å². The van der Waals surface area contributed by atoms with Gasteiger partial charge in [-0.25, -0.2) is 9.78 Å². The molecule has 2 rings (SSSR count). The van der Waals surface area contributed by atoms with Crippen LogP contribution in [0.15, 0.2) is 18.2 Å². The minimum Gasteiger partial charge on any atom is -0.481 e. The number of hydrogen-bond donors (Lipinski definition) is 2. The van der Waals surface area contributed by atoms with E-state index in [1.54, 1.807) is 37.2 Å². The molecule has 0 aliphatic carbocycles. The van der Waals surface area contributed by atoms with Crippen molar-refractivity contribution in [3.63, 3.8) is 0 Å². The van der Waals surface area contributed by atoms with E-state index in [9.17, 15) is 14.7 Å². The predicted octanol–water partition coefficient (Wildman–Crippen LogP) is 1.69. The number of pyridine rings is 1.